The van der Waals surface area contributed by atoms with Crippen molar-refractivity contribution in [3.05, 3.63) is 0 Å². The topological polar surface area (TPSA) is 20.3 Å². The van der Waals surface area contributed by atoms with Gasteiger partial charge in [-0.05, 0) is 27.2 Å². The van der Waals surface area contributed by atoms with Gasteiger partial charge in [0.05, 0.1) is 6.54 Å². The zero-order chi connectivity index (χ0) is 10.3. The van der Waals surface area contributed by atoms with E-state index in [1.54, 1.807) is 0 Å². The maximum atomic E-state index is 11.7. The summed E-state index contributed by atoms with van der Waals surface area (Å²) in [6.45, 7) is 12.3. The third-order valence-corrected chi connectivity index (χ3v) is 3.04. The largest absolute Gasteiger partial charge is 0.298 e. The molecule has 0 bridgehead atoms. The zero-order valence-electron chi connectivity index (χ0n) is 9.48. The Morgan fingerprint density at radius 2 is 1.85 bits per heavy atom. The van der Waals surface area contributed by atoms with E-state index in [4.69, 9.17) is 0 Å². The van der Waals surface area contributed by atoms with Gasteiger partial charge in [-0.2, -0.15) is 0 Å². The van der Waals surface area contributed by atoms with Crippen molar-refractivity contribution < 1.29 is 4.79 Å². The first-order valence-corrected chi connectivity index (χ1v) is 5.02. The number of hydrogen-bond acceptors (Lipinski definition) is 2. The van der Waals surface area contributed by atoms with Crippen molar-refractivity contribution >= 4 is 5.78 Å². The standard InChI is InChI=1S/C11H21NO/c1-10(2,3)12-7-6-11(4,5)9(13)8-12/h6-8H2,1-5H3. The first-order valence-electron chi connectivity index (χ1n) is 5.02. The summed E-state index contributed by atoms with van der Waals surface area (Å²) < 4.78 is 0. The molecule has 0 aromatic heterocycles. The Bertz CT molecular complexity index is 213. The van der Waals surface area contributed by atoms with Crippen LogP contribution in [-0.4, -0.2) is 29.3 Å². The molecule has 2 nitrogen and oxygen atoms in total. The molecule has 0 N–H and O–H groups in total. The van der Waals surface area contributed by atoms with Crippen molar-refractivity contribution in [1.82, 2.24) is 4.90 Å². The monoisotopic (exact) mass is 183 g/mol. The van der Waals surface area contributed by atoms with Crippen LogP contribution in [0.2, 0.25) is 0 Å². The van der Waals surface area contributed by atoms with Crippen LogP contribution in [0.5, 0.6) is 0 Å². The number of carbonyl (C=O) groups is 1. The quantitative estimate of drug-likeness (QED) is 0.573. The van der Waals surface area contributed by atoms with Crippen LogP contribution in [0.3, 0.4) is 0 Å². The smallest absolute Gasteiger partial charge is 0.152 e. The summed E-state index contributed by atoms with van der Waals surface area (Å²) in [5.74, 6) is 0.383. The lowest BCUT2D eigenvalue weighted by atomic mass is 9.80. The van der Waals surface area contributed by atoms with E-state index in [1.807, 2.05) is 0 Å². The maximum Gasteiger partial charge on any atom is 0.152 e. The van der Waals surface area contributed by atoms with Crippen LogP contribution in [0.4, 0.5) is 0 Å². The van der Waals surface area contributed by atoms with Crippen molar-refractivity contribution in [2.75, 3.05) is 13.1 Å². The molecule has 1 aliphatic heterocycles. The SMILES string of the molecule is CC1(C)CCN(C(C)(C)C)CC1=O. The lowest BCUT2D eigenvalue weighted by molar-refractivity contribution is -0.134. The normalized spacial score (nSPS) is 24.8. The number of ketones is 1. The molecular weight excluding hydrogens is 162 g/mol. The summed E-state index contributed by atoms with van der Waals surface area (Å²) in [6.07, 6.45) is 0.989. The van der Waals surface area contributed by atoms with E-state index in [0.717, 1.165) is 13.0 Å². The molecule has 0 amide bonds. The van der Waals surface area contributed by atoms with Crippen LogP contribution < -0.4 is 0 Å². The highest BCUT2D eigenvalue weighted by atomic mass is 16.1. The van der Waals surface area contributed by atoms with Crippen molar-refractivity contribution in [2.45, 2.75) is 46.6 Å². The zero-order valence-corrected chi connectivity index (χ0v) is 9.48. The number of likely N-dealkylation sites (tertiary alicyclic amines) is 1. The maximum absolute atomic E-state index is 11.7. The third kappa shape index (κ3) is 2.31. The van der Waals surface area contributed by atoms with Gasteiger partial charge >= 0.3 is 0 Å². The van der Waals surface area contributed by atoms with E-state index in [1.165, 1.54) is 0 Å². The Hall–Kier alpha value is -0.370. The number of hydrogen-bond donors (Lipinski definition) is 0. The second-order valence-electron chi connectivity index (χ2n) is 5.65. The molecule has 0 radical (unpaired) electrons. The van der Waals surface area contributed by atoms with Crippen molar-refractivity contribution in [3.63, 3.8) is 0 Å². The fraction of sp³-hybridized carbons (Fsp3) is 0.909. The summed E-state index contributed by atoms with van der Waals surface area (Å²) in [5.41, 5.74) is 0.0356. The molecule has 1 rings (SSSR count). The van der Waals surface area contributed by atoms with Crippen molar-refractivity contribution in [1.29, 1.82) is 0 Å². The van der Waals surface area contributed by atoms with Gasteiger partial charge in [0.1, 0.15) is 0 Å². The Morgan fingerprint density at radius 1 is 1.31 bits per heavy atom. The van der Waals surface area contributed by atoms with E-state index >= 15 is 0 Å². The fourth-order valence-corrected chi connectivity index (χ4v) is 1.59. The molecule has 0 atom stereocenters. The van der Waals surface area contributed by atoms with E-state index in [0.29, 0.717) is 12.3 Å². The molecule has 0 spiro atoms. The minimum atomic E-state index is -0.0955. The molecule has 1 saturated heterocycles. The van der Waals surface area contributed by atoms with Crippen molar-refractivity contribution in [2.24, 2.45) is 5.41 Å². The Kier molecular flexibility index (Phi) is 2.54. The van der Waals surface area contributed by atoms with Crippen LogP contribution in [-0.2, 0) is 4.79 Å². The molecule has 13 heavy (non-hydrogen) atoms. The number of carbonyl (C=O) groups excluding carboxylic acids is 1. The van der Waals surface area contributed by atoms with Gasteiger partial charge in [-0.25, -0.2) is 0 Å². The Morgan fingerprint density at radius 3 is 2.23 bits per heavy atom. The minimum Gasteiger partial charge on any atom is -0.298 e. The average molecular weight is 183 g/mol. The lowest BCUT2D eigenvalue weighted by Gasteiger charge is -2.42. The predicted octanol–water partition coefficient (Wildman–Crippen LogP) is 2.09. The van der Waals surface area contributed by atoms with Gasteiger partial charge in [0.2, 0.25) is 0 Å². The highest BCUT2D eigenvalue weighted by Crippen LogP contribution is 2.29. The van der Waals surface area contributed by atoms with Crippen LogP contribution in [0.15, 0.2) is 0 Å². The number of Topliss-reactive ketones (excluding diaryl/α,β-unsaturated/α-hetero) is 1. The summed E-state index contributed by atoms with van der Waals surface area (Å²) >= 11 is 0. The molecule has 0 unspecified atom stereocenters. The molecule has 1 heterocycles. The second-order valence-corrected chi connectivity index (χ2v) is 5.65. The van der Waals surface area contributed by atoms with Gasteiger partial charge in [0, 0.05) is 17.5 Å². The Balaban J connectivity index is 2.67. The summed E-state index contributed by atoms with van der Waals surface area (Å²) in [5, 5.41) is 0. The van der Waals surface area contributed by atoms with E-state index in [2.05, 4.69) is 39.5 Å². The number of nitrogens with zero attached hydrogens (tertiary/aromatic N) is 1. The number of piperidine rings is 1. The van der Waals surface area contributed by atoms with E-state index in [-0.39, 0.29) is 11.0 Å². The molecule has 0 aromatic carbocycles. The molecule has 0 aliphatic carbocycles. The second kappa shape index (κ2) is 3.09. The third-order valence-electron chi connectivity index (χ3n) is 3.04. The van der Waals surface area contributed by atoms with Gasteiger partial charge in [0.25, 0.3) is 0 Å². The highest BCUT2D eigenvalue weighted by molar-refractivity contribution is 5.86. The number of rotatable bonds is 0. The van der Waals surface area contributed by atoms with Gasteiger partial charge in [-0.1, -0.05) is 13.8 Å². The lowest BCUT2D eigenvalue weighted by Crippen LogP contribution is -2.52. The Labute approximate surface area is 81.3 Å². The first kappa shape index (κ1) is 10.7. The summed E-state index contributed by atoms with van der Waals surface area (Å²) in [6, 6.07) is 0. The molecule has 1 fully saturated rings. The van der Waals surface area contributed by atoms with Crippen LogP contribution >= 0.6 is 0 Å². The van der Waals surface area contributed by atoms with E-state index in [9.17, 15) is 4.79 Å². The minimum absolute atomic E-state index is 0.0955. The molecule has 0 saturated carbocycles. The summed E-state index contributed by atoms with van der Waals surface area (Å²) in [4.78, 5) is 14.0. The fourth-order valence-electron chi connectivity index (χ4n) is 1.59. The molecular formula is C11H21NO. The predicted molar refractivity (Wildman–Crippen MR) is 54.7 cm³/mol. The van der Waals surface area contributed by atoms with Gasteiger partial charge in [-0.15, -0.1) is 0 Å². The van der Waals surface area contributed by atoms with Gasteiger partial charge < -0.3 is 0 Å². The summed E-state index contributed by atoms with van der Waals surface area (Å²) in [7, 11) is 0. The van der Waals surface area contributed by atoms with Crippen LogP contribution in [0, 0.1) is 5.41 Å². The molecule has 76 valence electrons. The molecule has 2 heteroatoms. The van der Waals surface area contributed by atoms with Crippen molar-refractivity contribution in [3.8, 4) is 0 Å². The molecule has 0 aromatic rings. The van der Waals surface area contributed by atoms with Gasteiger partial charge in [0.15, 0.2) is 5.78 Å². The highest BCUT2D eigenvalue weighted by Gasteiger charge is 2.37. The van der Waals surface area contributed by atoms with Crippen LogP contribution in [0.25, 0.3) is 0 Å². The van der Waals surface area contributed by atoms with E-state index < -0.39 is 0 Å². The first-order chi connectivity index (χ1) is 5.73. The van der Waals surface area contributed by atoms with Crippen LogP contribution in [0.1, 0.15) is 41.0 Å². The van der Waals surface area contributed by atoms with Gasteiger partial charge in [-0.3, -0.25) is 9.69 Å². The molecule has 1 aliphatic rings. The average Bonchev–Trinajstić information content (AvgIpc) is 1.92.